The number of nitrogen functional groups attached to an aromatic ring is 1. The van der Waals surface area contributed by atoms with E-state index < -0.39 is 0 Å². The molecule has 0 radical (unpaired) electrons. The molecule has 2 atom stereocenters. The van der Waals surface area contributed by atoms with Crippen LogP contribution in [0.15, 0.2) is 18.3 Å². The topological polar surface area (TPSA) is 110 Å². The van der Waals surface area contributed by atoms with E-state index in [0.29, 0.717) is 46.7 Å². The van der Waals surface area contributed by atoms with Gasteiger partial charge in [-0.2, -0.15) is 5.26 Å². The van der Waals surface area contributed by atoms with Gasteiger partial charge in [0.1, 0.15) is 18.4 Å². The summed E-state index contributed by atoms with van der Waals surface area (Å²) < 4.78 is 11.7. The minimum absolute atomic E-state index is 0.0401. The average molecular weight is 368 g/mol. The van der Waals surface area contributed by atoms with Gasteiger partial charge >= 0.3 is 0 Å². The molecule has 1 aromatic carbocycles. The first kappa shape index (κ1) is 18.8. The normalized spacial score (nSPS) is 19.1. The fourth-order valence-electron chi connectivity index (χ4n) is 3.36. The number of hydrogen-bond donors (Lipinski definition) is 2. The Bertz CT molecular complexity index is 904. The van der Waals surface area contributed by atoms with Crippen LogP contribution < -0.4 is 20.5 Å². The molecule has 7 heteroatoms. The summed E-state index contributed by atoms with van der Waals surface area (Å²) in [6.45, 7) is 6.19. The van der Waals surface area contributed by atoms with E-state index in [1.807, 2.05) is 13.8 Å². The van der Waals surface area contributed by atoms with Gasteiger partial charge in [-0.1, -0.05) is 13.3 Å². The first-order chi connectivity index (χ1) is 12.9. The number of anilines is 1. The maximum Gasteiger partial charge on any atom is 0.221 e. The van der Waals surface area contributed by atoms with E-state index in [1.54, 1.807) is 12.1 Å². The summed E-state index contributed by atoms with van der Waals surface area (Å²) in [4.78, 5) is 16.0. The number of aromatic nitrogens is 1. The number of pyridine rings is 1. The molecule has 2 heterocycles. The van der Waals surface area contributed by atoms with Crippen LogP contribution in [0.4, 0.5) is 5.69 Å². The number of nitrogens with one attached hydrogen (secondary N) is 1. The van der Waals surface area contributed by atoms with Gasteiger partial charge in [0.25, 0.3) is 0 Å². The molecule has 1 fully saturated rings. The second kappa shape index (κ2) is 7.70. The number of hydrogen-bond acceptors (Lipinski definition) is 6. The van der Waals surface area contributed by atoms with Crippen molar-refractivity contribution >= 4 is 22.4 Å². The van der Waals surface area contributed by atoms with Crippen LogP contribution in [0.1, 0.15) is 39.2 Å². The molecule has 1 amide bonds. The van der Waals surface area contributed by atoms with Crippen LogP contribution in [0.2, 0.25) is 0 Å². The van der Waals surface area contributed by atoms with Gasteiger partial charge in [-0.25, -0.2) is 4.98 Å². The number of carbonyl (C=O) groups excluding carboxylic acids is 1. The van der Waals surface area contributed by atoms with E-state index in [-0.39, 0.29) is 24.0 Å². The summed E-state index contributed by atoms with van der Waals surface area (Å²) in [5.41, 5.74) is 6.93. The van der Waals surface area contributed by atoms with Crippen LogP contribution in [0.5, 0.6) is 11.6 Å². The maximum atomic E-state index is 11.7. The minimum atomic E-state index is -0.0769. The third-order valence-corrected chi connectivity index (χ3v) is 4.75. The predicted octanol–water partition coefficient (Wildman–Crippen LogP) is 2.77. The largest absolute Gasteiger partial charge is 0.490 e. The number of nitrogens with two attached hydrogens (primary N) is 1. The van der Waals surface area contributed by atoms with Crippen LogP contribution in [0.25, 0.3) is 10.8 Å². The number of ether oxygens (including phenoxy) is 2. The van der Waals surface area contributed by atoms with E-state index in [1.165, 1.54) is 6.20 Å². The smallest absolute Gasteiger partial charge is 0.221 e. The molecule has 7 nitrogen and oxygen atoms in total. The van der Waals surface area contributed by atoms with E-state index in [9.17, 15) is 10.1 Å². The van der Waals surface area contributed by atoms with Crippen molar-refractivity contribution in [1.29, 1.82) is 5.26 Å². The van der Waals surface area contributed by atoms with Crippen molar-refractivity contribution in [2.75, 3.05) is 12.3 Å². The number of carbonyl (C=O) groups is 1. The van der Waals surface area contributed by atoms with Crippen LogP contribution in [-0.2, 0) is 4.79 Å². The lowest BCUT2D eigenvalue weighted by atomic mass is 9.98. The van der Waals surface area contributed by atoms with Crippen molar-refractivity contribution in [3.05, 3.63) is 23.9 Å². The zero-order valence-electron chi connectivity index (χ0n) is 15.8. The van der Waals surface area contributed by atoms with Gasteiger partial charge in [-0.05, 0) is 31.9 Å². The molecule has 1 aliphatic rings. The molecule has 3 rings (SSSR count). The van der Waals surface area contributed by atoms with E-state index in [2.05, 4.69) is 23.3 Å². The number of nitrogens with zero attached hydrogens (tertiary/aromatic N) is 2. The van der Waals surface area contributed by atoms with E-state index in [4.69, 9.17) is 15.2 Å². The molecule has 27 heavy (non-hydrogen) atoms. The summed E-state index contributed by atoms with van der Waals surface area (Å²) in [6, 6.07) is 5.55. The summed E-state index contributed by atoms with van der Waals surface area (Å²) in [6.07, 6.45) is 2.87. The molecule has 0 aliphatic carbocycles. The monoisotopic (exact) mass is 368 g/mol. The SMILES string of the molecule is CC[C@@H]1CC(=O)NC1COc1ncc(N)c2cc(C#N)c(OC(C)C)cc12. The highest BCUT2D eigenvalue weighted by molar-refractivity contribution is 5.97. The predicted molar refractivity (Wildman–Crippen MR) is 102 cm³/mol. The van der Waals surface area contributed by atoms with Gasteiger partial charge in [0.15, 0.2) is 0 Å². The number of nitriles is 1. The van der Waals surface area contributed by atoms with Gasteiger partial charge in [-0.15, -0.1) is 0 Å². The second-order valence-corrected chi connectivity index (χ2v) is 7.05. The van der Waals surface area contributed by atoms with Gasteiger partial charge in [0.05, 0.1) is 29.6 Å². The van der Waals surface area contributed by atoms with Crippen molar-refractivity contribution in [1.82, 2.24) is 10.3 Å². The Kier molecular flexibility index (Phi) is 5.36. The van der Waals surface area contributed by atoms with E-state index >= 15 is 0 Å². The molecule has 1 aliphatic heterocycles. The lowest BCUT2D eigenvalue weighted by Gasteiger charge is -2.19. The Morgan fingerprint density at radius 1 is 1.41 bits per heavy atom. The zero-order chi connectivity index (χ0) is 19.6. The van der Waals surface area contributed by atoms with Crippen molar-refractivity contribution in [2.45, 2.75) is 45.8 Å². The first-order valence-electron chi connectivity index (χ1n) is 9.14. The highest BCUT2D eigenvalue weighted by Gasteiger charge is 2.31. The Morgan fingerprint density at radius 3 is 2.85 bits per heavy atom. The van der Waals surface area contributed by atoms with Crippen LogP contribution in [0, 0.1) is 17.2 Å². The van der Waals surface area contributed by atoms with Crippen molar-refractivity contribution in [2.24, 2.45) is 5.92 Å². The fourth-order valence-corrected chi connectivity index (χ4v) is 3.36. The molecular weight excluding hydrogens is 344 g/mol. The highest BCUT2D eigenvalue weighted by Crippen LogP contribution is 2.34. The maximum absolute atomic E-state index is 11.7. The standard InChI is InChI=1S/C20H24N4O3/c1-4-12-6-19(25)24-17(12)10-26-20-15-7-18(27-11(2)3)13(8-21)5-14(15)16(22)9-23-20/h5,7,9,11-12,17H,4,6,10,22H2,1-3H3,(H,24,25)/t12-,17?/m1/s1. The molecule has 142 valence electrons. The number of amides is 1. The summed E-state index contributed by atoms with van der Waals surface area (Å²) in [7, 11) is 0. The summed E-state index contributed by atoms with van der Waals surface area (Å²) >= 11 is 0. The van der Waals surface area contributed by atoms with Gasteiger partial charge < -0.3 is 20.5 Å². The molecule has 0 spiro atoms. The summed E-state index contributed by atoms with van der Waals surface area (Å²) in [5.74, 6) is 1.19. The van der Waals surface area contributed by atoms with Gasteiger partial charge in [0, 0.05) is 17.2 Å². The third-order valence-electron chi connectivity index (χ3n) is 4.75. The second-order valence-electron chi connectivity index (χ2n) is 7.05. The Labute approximate surface area is 158 Å². The van der Waals surface area contributed by atoms with Crippen LogP contribution in [-0.4, -0.2) is 29.6 Å². The number of fused-ring (bicyclic) bond motifs is 1. The van der Waals surface area contributed by atoms with E-state index in [0.717, 1.165) is 6.42 Å². The zero-order valence-corrected chi connectivity index (χ0v) is 15.8. The number of rotatable bonds is 6. The van der Waals surface area contributed by atoms with Crippen LogP contribution in [0.3, 0.4) is 0 Å². The molecular formula is C20H24N4O3. The average Bonchev–Trinajstić information content (AvgIpc) is 3.00. The molecule has 0 saturated carbocycles. The fraction of sp³-hybridized carbons (Fsp3) is 0.450. The first-order valence-corrected chi connectivity index (χ1v) is 9.14. The molecule has 1 unspecified atom stereocenters. The molecule has 1 aromatic heterocycles. The van der Waals surface area contributed by atoms with Crippen molar-refractivity contribution in [3.63, 3.8) is 0 Å². The Balaban J connectivity index is 1.94. The third kappa shape index (κ3) is 3.90. The lowest BCUT2D eigenvalue weighted by Crippen LogP contribution is -2.34. The quantitative estimate of drug-likeness (QED) is 0.811. The molecule has 3 N–H and O–H groups in total. The minimum Gasteiger partial charge on any atom is -0.490 e. The van der Waals surface area contributed by atoms with Gasteiger partial charge in [-0.3, -0.25) is 4.79 Å². The highest BCUT2D eigenvalue weighted by atomic mass is 16.5. The van der Waals surface area contributed by atoms with Gasteiger partial charge in [0.2, 0.25) is 11.8 Å². The molecule has 0 bridgehead atoms. The van der Waals surface area contributed by atoms with Crippen LogP contribution >= 0.6 is 0 Å². The van der Waals surface area contributed by atoms with Crippen molar-refractivity contribution in [3.8, 4) is 17.7 Å². The van der Waals surface area contributed by atoms with Crippen molar-refractivity contribution < 1.29 is 14.3 Å². The lowest BCUT2D eigenvalue weighted by molar-refractivity contribution is -0.119. The molecule has 1 saturated heterocycles. The number of benzene rings is 1. The molecule has 2 aromatic rings. The summed E-state index contributed by atoms with van der Waals surface area (Å²) in [5, 5.41) is 13.7. The Morgan fingerprint density at radius 2 is 2.19 bits per heavy atom. The Hall–Kier alpha value is -3.01.